The smallest absolute Gasteiger partial charge is 0.266 e. The van der Waals surface area contributed by atoms with Crippen LogP contribution in [-0.2, 0) is 6.54 Å². The quantitative estimate of drug-likeness (QED) is 0.649. The van der Waals surface area contributed by atoms with Crippen molar-refractivity contribution in [1.29, 1.82) is 0 Å². The summed E-state index contributed by atoms with van der Waals surface area (Å²) in [4.78, 5) is 3.87. The molecule has 0 bridgehead atoms. The number of nitrogens with zero attached hydrogens (tertiary/aromatic N) is 1. The first-order valence-electron chi connectivity index (χ1n) is 3.39. The minimum absolute atomic E-state index is 0.0636. The van der Waals surface area contributed by atoms with Crippen molar-refractivity contribution in [2.75, 3.05) is 0 Å². The predicted octanol–water partition coefficient (Wildman–Crippen LogP) is 2.85. The molecule has 13 heavy (non-hydrogen) atoms. The molecular weight excluding hydrogens is 357 g/mol. The second-order valence-electron chi connectivity index (χ2n) is 2.31. The number of alkyl halides is 2. The van der Waals surface area contributed by atoms with E-state index in [4.69, 9.17) is 5.73 Å². The normalized spacial score (nSPS) is 10.9. The molecule has 0 aliphatic rings. The van der Waals surface area contributed by atoms with Crippen LogP contribution in [0, 0.1) is 3.70 Å². The van der Waals surface area contributed by atoms with Crippen LogP contribution in [0.25, 0.3) is 0 Å². The number of hydrogen-bond acceptors (Lipinski definition) is 2. The van der Waals surface area contributed by atoms with E-state index in [0.717, 1.165) is 0 Å². The molecule has 1 rings (SSSR count). The van der Waals surface area contributed by atoms with Gasteiger partial charge in [-0.25, -0.2) is 13.8 Å². The fourth-order valence-corrected chi connectivity index (χ4v) is 2.57. The molecule has 1 heterocycles. The molecular formula is C7H6BrF2IN2. The highest BCUT2D eigenvalue weighted by molar-refractivity contribution is 14.1. The number of rotatable bonds is 2. The van der Waals surface area contributed by atoms with E-state index in [1.54, 1.807) is 22.6 Å². The second-order valence-corrected chi connectivity index (χ2v) is 4.15. The lowest BCUT2D eigenvalue weighted by molar-refractivity contribution is 0.148. The van der Waals surface area contributed by atoms with E-state index >= 15 is 0 Å². The van der Waals surface area contributed by atoms with Gasteiger partial charge in [0, 0.05) is 6.54 Å². The third kappa shape index (κ3) is 2.57. The average Bonchev–Trinajstić information content (AvgIpc) is 2.01. The summed E-state index contributed by atoms with van der Waals surface area (Å²) in [6, 6.07) is 1.52. The number of halogens is 4. The molecule has 1 aromatic rings. The molecule has 0 spiro atoms. The summed E-state index contributed by atoms with van der Waals surface area (Å²) in [6.45, 7) is 0.0940. The van der Waals surface area contributed by atoms with Crippen LogP contribution >= 0.6 is 38.5 Å². The summed E-state index contributed by atoms with van der Waals surface area (Å²) in [6.07, 6.45) is -2.52. The lowest BCUT2D eigenvalue weighted by Gasteiger charge is -2.08. The summed E-state index contributed by atoms with van der Waals surface area (Å²) in [5.41, 5.74) is 5.71. The van der Waals surface area contributed by atoms with Gasteiger partial charge in [-0.05, 0) is 50.2 Å². The van der Waals surface area contributed by atoms with Crippen LogP contribution in [0.2, 0.25) is 0 Å². The van der Waals surface area contributed by atoms with Crippen LogP contribution < -0.4 is 5.73 Å². The highest BCUT2D eigenvalue weighted by Crippen LogP contribution is 2.28. The zero-order chi connectivity index (χ0) is 10.0. The Morgan fingerprint density at radius 3 is 2.69 bits per heavy atom. The maximum Gasteiger partial charge on any atom is 0.266 e. The van der Waals surface area contributed by atoms with Gasteiger partial charge in [0.05, 0.1) is 5.56 Å². The summed E-state index contributed by atoms with van der Waals surface area (Å²) in [5.74, 6) is 0. The Kier molecular flexibility index (Phi) is 3.99. The molecule has 2 nitrogen and oxygen atoms in total. The van der Waals surface area contributed by atoms with Crippen LogP contribution in [0.5, 0.6) is 0 Å². The minimum atomic E-state index is -2.52. The minimum Gasteiger partial charge on any atom is -0.326 e. The molecule has 0 radical (unpaired) electrons. The summed E-state index contributed by atoms with van der Waals surface area (Å²) in [5, 5.41) is 0. The Morgan fingerprint density at radius 1 is 1.62 bits per heavy atom. The maximum absolute atomic E-state index is 12.5. The number of hydrogen-bond donors (Lipinski definition) is 1. The van der Waals surface area contributed by atoms with Gasteiger partial charge in [-0.3, -0.25) is 0 Å². The van der Waals surface area contributed by atoms with Crippen molar-refractivity contribution in [3.8, 4) is 0 Å². The Balaban J connectivity index is 3.30. The zero-order valence-electron chi connectivity index (χ0n) is 6.40. The fraction of sp³-hybridized carbons (Fsp3) is 0.286. The van der Waals surface area contributed by atoms with E-state index in [1.807, 2.05) is 0 Å². The first-order chi connectivity index (χ1) is 6.06. The van der Waals surface area contributed by atoms with Crippen molar-refractivity contribution >= 4 is 38.5 Å². The van der Waals surface area contributed by atoms with Gasteiger partial charge in [0.1, 0.15) is 8.30 Å². The van der Waals surface area contributed by atoms with Crippen molar-refractivity contribution in [2.45, 2.75) is 13.0 Å². The molecule has 0 aliphatic heterocycles. The second kappa shape index (κ2) is 4.61. The molecule has 0 aromatic carbocycles. The number of aromatic nitrogens is 1. The molecule has 1 aromatic heterocycles. The first-order valence-corrected chi connectivity index (χ1v) is 5.26. The zero-order valence-corrected chi connectivity index (χ0v) is 10.1. The van der Waals surface area contributed by atoms with E-state index in [2.05, 4.69) is 20.9 Å². The highest BCUT2D eigenvalue weighted by Gasteiger charge is 2.17. The lowest BCUT2D eigenvalue weighted by Crippen LogP contribution is -2.06. The van der Waals surface area contributed by atoms with Crippen LogP contribution in [-0.4, -0.2) is 4.98 Å². The van der Waals surface area contributed by atoms with Crippen LogP contribution in [0.4, 0.5) is 8.78 Å². The van der Waals surface area contributed by atoms with Crippen LogP contribution in [0.15, 0.2) is 10.7 Å². The molecule has 6 heteroatoms. The predicted molar refractivity (Wildman–Crippen MR) is 57.5 cm³/mol. The van der Waals surface area contributed by atoms with Gasteiger partial charge >= 0.3 is 0 Å². The van der Waals surface area contributed by atoms with Crippen molar-refractivity contribution < 1.29 is 8.78 Å². The molecule has 72 valence electrons. The third-order valence-corrected chi connectivity index (χ3v) is 2.73. The summed E-state index contributed by atoms with van der Waals surface area (Å²) >= 11 is 4.89. The van der Waals surface area contributed by atoms with E-state index in [-0.39, 0.29) is 12.1 Å². The number of nitrogens with two attached hydrogens (primary N) is 1. The molecule has 0 atom stereocenters. The van der Waals surface area contributed by atoms with Gasteiger partial charge in [-0.1, -0.05) is 0 Å². The molecule has 0 unspecified atom stereocenters. The van der Waals surface area contributed by atoms with E-state index < -0.39 is 6.43 Å². The van der Waals surface area contributed by atoms with Crippen molar-refractivity contribution in [3.05, 3.63) is 25.5 Å². The number of pyridine rings is 1. The monoisotopic (exact) mass is 362 g/mol. The third-order valence-electron chi connectivity index (χ3n) is 1.50. The molecule has 0 amide bonds. The first kappa shape index (κ1) is 11.3. The highest BCUT2D eigenvalue weighted by atomic mass is 127. The van der Waals surface area contributed by atoms with Gasteiger partial charge < -0.3 is 5.73 Å². The summed E-state index contributed by atoms with van der Waals surface area (Å²) < 4.78 is 25.8. The molecule has 0 aliphatic carbocycles. The van der Waals surface area contributed by atoms with E-state index in [1.165, 1.54) is 6.07 Å². The summed E-state index contributed by atoms with van der Waals surface area (Å²) in [7, 11) is 0. The molecule has 0 saturated carbocycles. The van der Waals surface area contributed by atoms with Gasteiger partial charge in [-0.2, -0.15) is 0 Å². The molecule has 0 saturated heterocycles. The van der Waals surface area contributed by atoms with Crippen molar-refractivity contribution in [1.82, 2.24) is 4.98 Å². The maximum atomic E-state index is 12.5. The Labute approximate surface area is 96.2 Å². The Morgan fingerprint density at radius 2 is 2.23 bits per heavy atom. The van der Waals surface area contributed by atoms with Crippen LogP contribution in [0.1, 0.15) is 17.6 Å². The lowest BCUT2D eigenvalue weighted by atomic mass is 10.1. The van der Waals surface area contributed by atoms with Crippen LogP contribution in [0.3, 0.4) is 0 Å². The SMILES string of the molecule is NCc1cc(Br)nc(I)c1C(F)F. The van der Waals surface area contributed by atoms with Crippen molar-refractivity contribution in [3.63, 3.8) is 0 Å². The van der Waals surface area contributed by atoms with Gasteiger partial charge in [-0.15, -0.1) is 0 Å². The standard InChI is InChI=1S/C7H6BrF2IN2/c8-4-1-3(2-12)5(6(9)10)7(11)13-4/h1,6H,2,12H2. The molecule has 2 N–H and O–H groups in total. The van der Waals surface area contributed by atoms with Gasteiger partial charge in [0.2, 0.25) is 0 Å². The van der Waals surface area contributed by atoms with E-state index in [0.29, 0.717) is 13.9 Å². The molecule has 0 fully saturated rings. The average molecular weight is 363 g/mol. The topological polar surface area (TPSA) is 38.9 Å². The largest absolute Gasteiger partial charge is 0.326 e. The Hall–Kier alpha value is 0.180. The van der Waals surface area contributed by atoms with Gasteiger partial charge in [0.15, 0.2) is 0 Å². The Bertz CT molecular complexity index is 320. The van der Waals surface area contributed by atoms with E-state index in [9.17, 15) is 8.78 Å². The fourth-order valence-electron chi connectivity index (χ4n) is 0.939. The van der Waals surface area contributed by atoms with Crippen molar-refractivity contribution in [2.24, 2.45) is 5.73 Å². The van der Waals surface area contributed by atoms with Gasteiger partial charge in [0.25, 0.3) is 6.43 Å².